The van der Waals surface area contributed by atoms with Crippen LogP contribution in [0.2, 0.25) is 5.02 Å². The van der Waals surface area contributed by atoms with Crippen LogP contribution in [0.4, 0.5) is 18.9 Å². The van der Waals surface area contributed by atoms with Crippen LogP contribution in [0.5, 0.6) is 0 Å². The number of aromatic nitrogens is 2. The number of carbonyl (C=O) groups is 2. The van der Waals surface area contributed by atoms with Crippen molar-refractivity contribution in [1.29, 1.82) is 0 Å². The molecule has 1 aromatic heterocycles. The lowest BCUT2D eigenvalue weighted by Crippen LogP contribution is -2.57. The molecule has 44 heavy (non-hydrogen) atoms. The summed E-state index contributed by atoms with van der Waals surface area (Å²) in [5.41, 5.74) is -2.77. The van der Waals surface area contributed by atoms with Gasteiger partial charge in [-0.25, -0.2) is 0 Å². The van der Waals surface area contributed by atoms with Gasteiger partial charge >= 0.3 is 6.18 Å². The number of carbonyl (C=O) groups excluding carboxylic acids is 2. The number of hydrogen-bond donors (Lipinski definition) is 1. The van der Waals surface area contributed by atoms with Crippen LogP contribution in [0.3, 0.4) is 0 Å². The lowest BCUT2D eigenvalue weighted by Gasteiger charge is -2.42. The largest absolute Gasteiger partial charge is 0.430 e. The number of aryl methyl sites for hydroxylation is 1. The van der Waals surface area contributed by atoms with Crippen LogP contribution in [0.1, 0.15) is 53.4 Å². The van der Waals surface area contributed by atoms with Crippen LogP contribution in [-0.4, -0.2) is 76.3 Å². The second-order valence-electron chi connectivity index (χ2n) is 11.6. The third-order valence-corrected chi connectivity index (χ3v) is 9.09. The number of benzene rings is 2. The Morgan fingerprint density at radius 3 is 2.16 bits per heavy atom. The number of piperidine rings is 2. The number of aliphatic hydroxyl groups is 1. The SMILES string of the molecule is Cc1nnc(CN(C)C(=O)c2ccc(N3CCC(C4CCN(C(=O)C(O)(c5ccccc5)C(F)(F)F)CC4)CC3)cc2Cl)o1. The van der Waals surface area contributed by atoms with Crippen LogP contribution in [0.15, 0.2) is 52.9 Å². The van der Waals surface area contributed by atoms with Gasteiger partial charge in [0.05, 0.1) is 17.1 Å². The fraction of sp³-hybridized carbons (Fsp3) is 0.484. The smallest absolute Gasteiger partial charge is 0.424 e. The zero-order valence-electron chi connectivity index (χ0n) is 24.6. The van der Waals surface area contributed by atoms with E-state index in [0.29, 0.717) is 41.1 Å². The van der Waals surface area contributed by atoms with Crippen LogP contribution >= 0.6 is 11.6 Å². The number of nitrogens with zero attached hydrogens (tertiary/aromatic N) is 5. The van der Waals surface area contributed by atoms with Gasteiger partial charge in [-0.3, -0.25) is 9.59 Å². The summed E-state index contributed by atoms with van der Waals surface area (Å²) in [5.74, 6) is -0.181. The first-order valence-electron chi connectivity index (χ1n) is 14.6. The predicted octanol–water partition coefficient (Wildman–Crippen LogP) is 5.21. The fourth-order valence-corrected chi connectivity index (χ4v) is 6.53. The quantitative estimate of drug-likeness (QED) is 0.381. The maximum absolute atomic E-state index is 14.0. The molecule has 2 saturated heterocycles. The van der Waals surface area contributed by atoms with Crippen molar-refractivity contribution in [2.45, 2.75) is 50.9 Å². The number of alkyl halides is 3. The minimum Gasteiger partial charge on any atom is -0.424 e. The molecule has 236 valence electrons. The molecule has 0 spiro atoms. The number of halogens is 4. The van der Waals surface area contributed by atoms with E-state index in [0.717, 1.165) is 48.7 Å². The highest BCUT2D eigenvalue weighted by Gasteiger charge is 2.62. The van der Waals surface area contributed by atoms with E-state index >= 15 is 0 Å². The second-order valence-corrected chi connectivity index (χ2v) is 12.0. The van der Waals surface area contributed by atoms with Gasteiger partial charge in [-0.05, 0) is 55.7 Å². The highest BCUT2D eigenvalue weighted by molar-refractivity contribution is 6.34. The van der Waals surface area contributed by atoms with E-state index in [4.69, 9.17) is 16.0 Å². The van der Waals surface area contributed by atoms with E-state index in [-0.39, 0.29) is 31.5 Å². The number of hydrogen-bond acceptors (Lipinski definition) is 7. The Morgan fingerprint density at radius 1 is 1.00 bits per heavy atom. The van der Waals surface area contributed by atoms with Crippen molar-refractivity contribution >= 4 is 29.1 Å². The van der Waals surface area contributed by atoms with Gasteiger partial charge in [0.1, 0.15) is 0 Å². The van der Waals surface area contributed by atoms with Crippen molar-refractivity contribution in [3.05, 3.63) is 76.5 Å². The summed E-state index contributed by atoms with van der Waals surface area (Å²) in [6.07, 6.45) is -2.20. The molecule has 5 rings (SSSR count). The molecule has 2 amide bonds. The number of anilines is 1. The van der Waals surface area contributed by atoms with Gasteiger partial charge in [-0.1, -0.05) is 41.9 Å². The van der Waals surface area contributed by atoms with Gasteiger partial charge < -0.3 is 24.2 Å². The van der Waals surface area contributed by atoms with Crippen molar-refractivity contribution in [1.82, 2.24) is 20.0 Å². The van der Waals surface area contributed by atoms with E-state index in [1.165, 1.54) is 23.1 Å². The Kier molecular flexibility index (Phi) is 9.22. The van der Waals surface area contributed by atoms with Gasteiger partial charge in [0.25, 0.3) is 17.4 Å². The Morgan fingerprint density at radius 2 is 1.61 bits per heavy atom. The van der Waals surface area contributed by atoms with Crippen molar-refractivity contribution in [3.63, 3.8) is 0 Å². The molecule has 3 aromatic rings. The Hall–Kier alpha value is -3.64. The molecule has 0 aliphatic carbocycles. The zero-order chi connectivity index (χ0) is 31.6. The van der Waals surface area contributed by atoms with Crippen LogP contribution in [0, 0.1) is 18.8 Å². The first kappa shape index (κ1) is 31.8. The second kappa shape index (κ2) is 12.8. The molecule has 2 aliphatic heterocycles. The topological polar surface area (TPSA) is 103 Å². The number of likely N-dealkylation sites (tertiary alicyclic amines) is 1. The van der Waals surface area contributed by atoms with E-state index in [2.05, 4.69) is 15.1 Å². The molecule has 0 radical (unpaired) electrons. The van der Waals surface area contributed by atoms with Crippen molar-refractivity contribution in [3.8, 4) is 0 Å². The van der Waals surface area contributed by atoms with Gasteiger partial charge in [0, 0.05) is 51.4 Å². The summed E-state index contributed by atoms with van der Waals surface area (Å²) in [7, 11) is 1.64. The van der Waals surface area contributed by atoms with Crippen LogP contribution in [0.25, 0.3) is 0 Å². The molecule has 0 saturated carbocycles. The molecule has 2 aromatic carbocycles. The lowest BCUT2D eigenvalue weighted by molar-refractivity contribution is -0.262. The molecule has 2 fully saturated rings. The van der Waals surface area contributed by atoms with E-state index in [1.807, 2.05) is 6.07 Å². The van der Waals surface area contributed by atoms with Gasteiger partial charge in [-0.15, -0.1) is 10.2 Å². The van der Waals surface area contributed by atoms with E-state index < -0.39 is 23.2 Å². The Balaban J connectivity index is 1.14. The molecule has 9 nitrogen and oxygen atoms in total. The minimum atomic E-state index is -5.15. The third kappa shape index (κ3) is 6.41. The molecule has 0 bridgehead atoms. The Bertz CT molecular complexity index is 1470. The van der Waals surface area contributed by atoms with E-state index in [9.17, 15) is 27.9 Å². The first-order chi connectivity index (χ1) is 20.9. The number of rotatable bonds is 7. The highest BCUT2D eigenvalue weighted by Crippen LogP contribution is 2.42. The molecule has 2 aliphatic rings. The normalized spacial score (nSPS) is 18.2. The molecule has 3 heterocycles. The summed E-state index contributed by atoms with van der Waals surface area (Å²) < 4.78 is 47.4. The maximum Gasteiger partial charge on any atom is 0.430 e. The lowest BCUT2D eigenvalue weighted by atomic mass is 9.78. The van der Waals surface area contributed by atoms with Gasteiger partial charge in [0.15, 0.2) is 0 Å². The predicted molar refractivity (Wildman–Crippen MR) is 157 cm³/mol. The third-order valence-electron chi connectivity index (χ3n) is 8.78. The summed E-state index contributed by atoms with van der Waals surface area (Å²) >= 11 is 6.54. The molecular weight excluding hydrogens is 599 g/mol. The minimum absolute atomic E-state index is 0.161. The summed E-state index contributed by atoms with van der Waals surface area (Å²) in [6, 6.07) is 11.9. The average Bonchev–Trinajstić information content (AvgIpc) is 3.44. The van der Waals surface area contributed by atoms with E-state index in [1.54, 1.807) is 26.1 Å². The van der Waals surface area contributed by atoms with Crippen LogP contribution < -0.4 is 4.90 Å². The Labute approximate surface area is 258 Å². The molecule has 13 heteroatoms. The molecule has 1 N–H and O–H groups in total. The monoisotopic (exact) mass is 633 g/mol. The first-order valence-corrected chi connectivity index (χ1v) is 15.0. The fourth-order valence-electron chi connectivity index (χ4n) is 6.28. The molecule has 1 unspecified atom stereocenters. The van der Waals surface area contributed by atoms with Crippen LogP contribution in [-0.2, 0) is 16.9 Å². The average molecular weight is 634 g/mol. The maximum atomic E-state index is 14.0. The van der Waals surface area contributed by atoms with Gasteiger partial charge in [0.2, 0.25) is 11.8 Å². The zero-order valence-corrected chi connectivity index (χ0v) is 25.3. The van der Waals surface area contributed by atoms with Crippen molar-refractivity contribution < 1.29 is 32.3 Å². The molecule has 1 atom stereocenters. The van der Waals surface area contributed by atoms with Crippen molar-refractivity contribution in [2.75, 3.05) is 38.1 Å². The number of amides is 2. The summed E-state index contributed by atoms with van der Waals surface area (Å²) in [6.45, 7) is 3.71. The van der Waals surface area contributed by atoms with Gasteiger partial charge in [-0.2, -0.15) is 13.2 Å². The van der Waals surface area contributed by atoms with Crippen molar-refractivity contribution in [2.24, 2.45) is 11.8 Å². The standard InChI is InChI=1S/C31H35ClF3N5O4/c1-20-36-37-27(44-20)19-38(2)28(41)25-9-8-24(18-26(25)32)39-14-10-21(11-15-39)22-12-16-40(17-13-22)29(42)30(43,31(33,34)35)23-6-4-3-5-7-23/h3-9,18,21-22,43H,10-17,19H2,1-2H3. The molecular formula is C31H35ClF3N5O4. The highest BCUT2D eigenvalue weighted by atomic mass is 35.5. The summed E-state index contributed by atoms with van der Waals surface area (Å²) in [5, 5.41) is 18.7. The summed E-state index contributed by atoms with van der Waals surface area (Å²) in [4.78, 5) is 30.9.